The van der Waals surface area contributed by atoms with Crippen molar-refractivity contribution < 1.29 is 48.7 Å². The van der Waals surface area contributed by atoms with Crippen molar-refractivity contribution in [3.63, 3.8) is 0 Å². The summed E-state index contributed by atoms with van der Waals surface area (Å²) in [5.41, 5.74) is 1.72. The van der Waals surface area contributed by atoms with Gasteiger partial charge < -0.3 is 34.8 Å². The van der Waals surface area contributed by atoms with Gasteiger partial charge in [0.05, 0.1) is 22.7 Å². The molecule has 0 saturated carbocycles. The quantitative estimate of drug-likeness (QED) is 0.232. The number of hydrogen-bond acceptors (Lipinski definition) is 8. The highest BCUT2D eigenvalue weighted by atomic mass is 16.7. The summed E-state index contributed by atoms with van der Waals surface area (Å²) >= 11 is 0. The minimum Gasteiger partial charge on any atom is -0.449 e. The van der Waals surface area contributed by atoms with Crippen LogP contribution in [0.2, 0.25) is 0 Å². The van der Waals surface area contributed by atoms with Gasteiger partial charge in [-0.05, 0) is 54.5 Å². The van der Waals surface area contributed by atoms with Gasteiger partial charge in [0.15, 0.2) is 17.2 Å². The summed E-state index contributed by atoms with van der Waals surface area (Å²) in [4.78, 5) is 47.5. The monoisotopic (exact) mass is 546 g/mol. The van der Waals surface area contributed by atoms with Crippen LogP contribution in [0.5, 0.6) is 17.2 Å². The molecule has 4 rings (SSSR count). The van der Waals surface area contributed by atoms with Crippen LogP contribution in [0.4, 0.5) is 14.4 Å². The Morgan fingerprint density at radius 2 is 1.45 bits per heavy atom. The lowest BCUT2D eigenvalue weighted by molar-refractivity contribution is 0.0878. The molecule has 1 aliphatic carbocycles. The van der Waals surface area contributed by atoms with Gasteiger partial charge in [0.25, 0.3) is 5.91 Å². The Morgan fingerprint density at radius 3 is 2.08 bits per heavy atom. The van der Waals surface area contributed by atoms with Crippen LogP contribution in [0.3, 0.4) is 0 Å². The van der Waals surface area contributed by atoms with Crippen molar-refractivity contribution in [1.29, 1.82) is 5.26 Å². The molecule has 3 aromatic rings. The first-order valence-electron chi connectivity index (χ1n) is 11.9. The minimum absolute atomic E-state index is 0.315. The van der Waals surface area contributed by atoms with Crippen LogP contribution in [0.1, 0.15) is 45.5 Å². The highest BCUT2D eigenvalue weighted by Gasteiger charge is 2.39. The Morgan fingerprint density at radius 1 is 0.850 bits per heavy atom. The van der Waals surface area contributed by atoms with E-state index in [1.54, 1.807) is 24.3 Å². The summed E-state index contributed by atoms with van der Waals surface area (Å²) in [6.07, 6.45) is -3.17. The number of rotatable bonds is 7. The number of nitrogens with one attached hydrogen (secondary N) is 1. The van der Waals surface area contributed by atoms with Gasteiger partial charge in [0.2, 0.25) is 0 Å². The third-order valence-electron chi connectivity index (χ3n) is 6.41. The van der Waals surface area contributed by atoms with Crippen LogP contribution in [-0.2, 0) is 18.4 Å². The van der Waals surface area contributed by atoms with Crippen LogP contribution in [0.15, 0.2) is 60.7 Å². The Labute approximate surface area is 227 Å². The molecule has 204 valence electrons. The lowest BCUT2D eigenvalue weighted by Crippen LogP contribution is -2.49. The van der Waals surface area contributed by atoms with E-state index < -0.39 is 52.7 Å². The molecule has 0 fully saturated rings. The average molecular weight is 546 g/mol. The smallest absolute Gasteiger partial charge is 0.449 e. The van der Waals surface area contributed by atoms with E-state index in [1.807, 2.05) is 24.3 Å². The molecular weight excluding hydrogens is 524 g/mol. The molecule has 4 N–H and O–H groups in total. The second-order valence-corrected chi connectivity index (χ2v) is 8.93. The molecule has 0 aliphatic heterocycles. The molecule has 0 saturated heterocycles. The van der Waals surface area contributed by atoms with Crippen molar-refractivity contribution in [1.82, 2.24) is 5.32 Å². The van der Waals surface area contributed by atoms with Crippen molar-refractivity contribution in [2.24, 2.45) is 0 Å². The highest BCUT2D eigenvalue weighted by Crippen LogP contribution is 2.40. The number of benzene rings is 3. The van der Waals surface area contributed by atoms with Gasteiger partial charge in [-0.2, -0.15) is 5.26 Å². The first-order valence-corrected chi connectivity index (χ1v) is 11.9. The lowest BCUT2D eigenvalue weighted by atomic mass is 9.73. The molecule has 0 bridgehead atoms. The number of nitriles is 1. The molecule has 12 nitrogen and oxygen atoms in total. The van der Waals surface area contributed by atoms with Crippen LogP contribution in [-0.4, -0.2) is 39.7 Å². The Hall–Kier alpha value is -5.57. The van der Waals surface area contributed by atoms with E-state index in [-0.39, 0.29) is 0 Å². The molecule has 0 unspecified atom stereocenters. The minimum atomic E-state index is -1.84. The van der Waals surface area contributed by atoms with E-state index in [0.717, 1.165) is 35.2 Å². The maximum Gasteiger partial charge on any atom is 0.511 e. The van der Waals surface area contributed by atoms with Gasteiger partial charge in [0.1, 0.15) is 0 Å². The molecule has 1 atom stereocenters. The number of amides is 1. The number of hydrogen-bond donors (Lipinski definition) is 4. The van der Waals surface area contributed by atoms with E-state index in [2.05, 4.69) is 20.9 Å². The van der Waals surface area contributed by atoms with Crippen molar-refractivity contribution in [3.8, 4) is 23.3 Å². The molecule has 1 aliphatic rings. The summed E-state index contributed by atoms with van der Waals surface area (Å²) in [6.45, 7) is 0. The number of ether oxygens (including phenoxy) is 3. The number of fused-ring (bicyclic) bond motifs is 1. The van der Waals surface area contributed by atoms with E-state index in [4.69, 9.17) is 20.2 Å². The fourth-order valence-corrected chi connectivity index (χ4v) is 4.85. The largest absolute Gasteiger partial charge is 0.511 e. The fourth-order valence-electron chi connectivity index (χ4n) is 4.85. The normalized spacial score (nSPS) is 15.6. The van der Waals surface area contributed by atoms with Gasteiger partial charge in [-0.15, -0.1) is 0 Å². The van der Waals surface area contributed by atoms with Gasteiger partial charge >= 0.3 is 18.5 Å². The second-order valence-electron chi connectivity index (χ2n) is 8.93. The number of nitrogens with zero attached hydrogens (tertiary/aromatic N) is 1. The zero-order valence-corrected chi connectivity index (χ0v) is 20.7. The molecule has 0 aromatic heterocycles. The predicted molar refractivity (Wildman–Crippen MR) is 136 cm³/mol. The van der Waals surface area contributed by atoms with Crippen molar-refractivity contribution in [3.05, 3.63) is 88.5 Å². The number of aryl methyl sites for hydroxylation is 1. The zero-order valence-electron chi connectivity index (χ0n) is 20.7. The van der Waals surface area contributed by atoms with E-state index in [0.29, 0.717) is 24.8 Å². The zero-order chi connectivity index (χ0) is 28.9. The van der Waals surface area contributed by atoms with E-state index >= 15 is 0 Å². The Balaban J connectivity index is 1.81. The third kappa shape index (κ3) is 6.11. The average Bonchev–Trinajstić information content (AvgIpc) is 2.90. The highest BCUT2D eigenvalue weighted by molar-refractivity contribution is 5.99. The summed E-state index contributed by atoms with van der Waals surface area (Å²) in [5, 5.41) is 39.5. The molecule has 0 spiro atoms. The van der Waals surface area contributed by atoms with Crippen molar-refractivity contribution in [2.75, 3.05) is 0 Å². The fraction of sp³-hybridized carbons (Fsp3) is 0.179. The van der Waals surface area contributed by atoms with Crippen molar-refractivity contribution in [2.45, 2.75) is 31.2 Å². The Bertz CT molecular complexity index is 1530. The number of carbonyl (C=O) groups is 4. The molecule has 40 heavy (non-hydrogen) atoms. The van der Waals surface area contributed by atoms with Gasteiger partial charge in [0, 0.05) is 12.1 Å². The van der Waals surface area contributed by atoms with Crippen molar-refractivity contribution >= 4 is 24.4 Å². The maximum absolute atomic E-state index is 13.8. The molecule has 3 aromatic carbocycles. The van der Waals surface area contributed by atoms with E-state index in [9.17, 15) is 24.3 Å². The summed E-state index contributed by atoms with van der Waals surface area (Å²) in [5.74, 6) is -2.80. The topological polar surface area (TPSA) is 192 Å². The number of carbonyl (C=O) groups excluding carboxylic acids is 1. The summed E-state index contributed by atoms with van der Waals surface area (Å²) in [6, 6.07) is 18.1. The third-order valence-corrected chi connectivity index (χ3v) is 6.41. The molecule has 1 amide bonds. The molecule has 0 radical (unpaired) electrons. The van der Waals surface area contributed by atoms with Crippen LogP contribution in [0.25, 0.3) is 0 Å². The van der Waals surface area contributed by atoms with Crippen LogP contribution < -0.4 is 19.5 Å². The van der Waals surface area contributed by atoms with Crippen LogP contribution in [0, 0.1) is 11.3 Å². The van der Waals surface area contributed by atoms with Crippen LogP contribution >= 0.6 is 0 Å². The summed E-state index contributed by atoms with van der Waals surface area (Å²) in [7, 11) is 0. The second kappa shape index (κ2) is 11.4. The molecular formula is C28H22N2O10. The van der Waals surface area contributed by atoms with Gasteiger partial charge in [-0.1, -0.05) is 36.4 Å². The SMILES string of the molecule is N#Cc1ccc(C[C@@]2(NC(=O)c3cc(OC(=O)O)c(OC(=O)O)cc3OC(=O)O)CCCc3ccccc32)cc1. The maximum atomic E-state index is 13.8. The lowest BCUT2D eigenvalue weighted by Gasteiger charge is -2.40. The predicted octanol–water partition coefficient (Wildman–Crippen LogP) is 4.93. The van der Waals surface area contributed by atoms with Gasteiger partial charge in [-0.3, -0.25) is 4.79 Å². The van der Waals surface area contributed by atoms with E-state index in [1.165, 1.54) is 0 Å². The standard InChI is InChI=1S/C28H22N2O10/c29-15-17-9-7-16(8-10-17)14-28(11-3-5-18-4-1-2-6-20(18)28)30-24(31)19-12-22(39-26(34)35)23(40-27(36)37)13-21(19)38-25(32)33/h1-2,4,6-10,12-13H,3,5,11,14H2,(H,30,31)(H,32,33)(H,34,35)(H,36,37)/t28-/m0/s1. The Kier molecular flexibility index (Phi) is 7.86. The first-order chi connectivity index (χ1) is 19.1. The first kappa shape index (κ1) is 27.5. The molecule has 12 heteroatoms. The molecule has 0 heterocycles. The van der Waals surface area contributed by atoms with Gasteiger partial charge in [-0.25, -0.2) is 14.4 Å². The number of carboxylic acid groups (broad SMARTS) is 3. The summed E-state index contributed by atoms with van der Waals surface area (Å²) < 4.78 is 13.9.